The fraction of sp³-hybridized carbons (Fsp3) is 0.231. The lowest BCUT2D eigenvalue weighted by Gasteiger charge is -2.31. The Hall–Kier alpha value is -3.51. The highest BCUT2D eigenvalue weighted by Crippen LogP contribution is 2.35. The first-order valence-electron chi connectivity index (χ1n) is 11.1. The van der Waals surface area contributed by atoms with Crippen molar-refractivity contribution in [3.05, 3.63) is 90.4 Å². The van der Waals surface area contributed by atoms with E-state index in [0.29, 0.717) is 5.92 Å². The van der Waals surface area contributed by atoms with E-state index in [1.165, 1.54) is 34.2 Å². The Morgan fingerprint density at radius 2 is 1.88 bits per heavy atom. The van der Waals surface area contributed by atoms with Crippen LogP contribution >= 0.6 is 0 Å². The number of hydrogen-bond donors (Lipinski definition) is 1. The van der Waals surface area contributed by atoms with Gasteiger partial charge in [0.05, 0.1) is 17.2 Å². The maximum absolute atomic E-state index is 13.4. The SMILES string of the molecule is Fc1ccc(-n2cc(C3CCN(Cc4ccc5cc[nH]c5c4)CC3)c3ncncc32)cc1. The monoisotopic (exact) mass is 425 g/mol. The first-order chi connectivity index (χ1) is 15.7. The summed E-state index contributed by atoms with van der Waals surface area (Å²) >= 11 is 0. The van der Waals surface area contributed by atoms with E-state index in [4.69, 9.17) is 0 Å². The molecule has 1 aliphatic rings. The molecular weight excluding hydrogens is 401 g/mol. The standard InChI is InChI=1S/C26H24FN5/c27-21-3-5-22(6-4-21)32-16-23(26-25(32)14-28-17-30-26)19-8-11-31(12-9-19)15-18-1-2-20-7-10-29-24(20)13-18/h1-7,10,13-14,16-17,19,29H,8-9,11-12,15H2. The predicted octanol–water partition coefficient (Wildman–Crippen LogP) is 5.42. The first-order valence-corrected chi connectivity index (χ1v) is 11.1. The predicted molar refractivity (Wildman–Crippen MR) is 124 cm³/mol. The number of rotatable bonds is 4. The molecule has 0 aliphatic carbocycles. The number of halogens is 1. The Kier molecular flexibility index (Phi) is 4.72. The average molecular weight is 426 g/mol. The zero-order chi connectivity index (χ0) is 21.5. The van der Waals surface area contributed by atoms with E-state index in [1.54, 1.807) is 18.5 Å². The molecule has 5 aromatic rings. The molecule has 4 heterocycles. The van der Waals surface area contributed by atoms with Gasteiger partial charge in [0.15, 0.2) is 0 Å². The van der Waals surface area contributed by atoms with Crippen LogP contribution in [-0.2, 0) is 6.54 Å². The summed E-state index contributed by atoms with van der Waals surface area (Å²) in [6.45, 7) is 3.09. The average Bonchev–Trinajstić information content (AvgIpc) is 3.45. The molecule has 32 heavy (non-hydrogen) atoms. The van der Waals surface area contributed by atoms with E-state index in [1.807, 2.05) is 12.4 Å². The molecule has 0 saturated carbocycles. The third-order valence-corrected chi connectivity index (χ3v) is 6.65. The molecule has 1 N–H and O–H groups in total. The molecule has 0 radical (unpaired) electrons. The van der Waals surface area contributed by atoms with Crippen molar-refractivity contribution in [3.63, 3.8) is 0 Å². The Balaban J connectivity index is 1.22. The van der Waals surface area contributed by atoms with Gasteiger partial charge in [0, 0.05) is 30.1 Å². The van der Waals surface area contributed by atoms with Crippen molar-refractivity contribution in [1.82, 2.24) is 24.4 Å². The minimum absolute atomic E-state index is 0.232. The molecule has 160 valence electrons. The van der Waals surface area contributed by atoms with Crippen molar-refractivity contribution in [2.45, 2.75) is 25.3 Å². The normalized spacial score (nSPS) is 15.7. The second-order valence-electron chi connectivity index (χ2n) is 8.64. The van der Waals surface area contributed by atoms with Gasteiger partial charge < -0.3 is 9.55 Å². The number of aromatic amines is 1. The number of aromatic nitrogens is 4. The molecule has 6 rings (SSSR count). The molecule has 0 bridgehead atoms. The van der Waals surface area contributed by atoms with Crippen LogP contribution in [0.5, 0.6) is 0 Å². The maximum Gasteiger partial charge on any atom is 0.123 e. The van der Waals surface area contributed by atoms with Crippen LogP contribution in [0.2, 0.25) is 0 Å². The Labute approximate surface area is 185 Å². The molecule has 0 unspecified atom stereocenters. The first kappa shape index (κ1) is 19.2. The molecule has 5 nitrogen and oxygen atoms in total. The fourth-order valence-corrected chi connectivity index (χ4v) is 4.96. The van der Waals surface area contributed by atoms with Gasteiger partial charge in [-0.3, -0.25) is 4.90 Å². The summed E-state index contributed by atoms with van der Waals surface area (Å²) in [5, 5.41) is 1.26. The molecule has 0 amide bonds. The lowest BCUT2D eigenvalue weighted by molar-refractivity contribution is 0.205. The number of likely N-dealkylation sites (tertiary alicyclic amines) is 1. The summed E-state index contributed by atoms with van der Waals surface area (Å²) in [5.74, 6) is 0.223. The van der Waals surface area contributed by atoms with Crippen LogP contribution in [0.1, 0.15) is 29.9 Å². The third-order valence-electron chi connectivity index (χ3n) is 6.65. The van der Waals surface area contributed by atoms with E-state index in [-0.39, 0.29) is 5.82 Å². The van der Waals surface area contributed by atoms with Crippen molar-refractivity contribution < 1.29 is 4.39 Å². The second-order valence-corrected chi connectivity index (χ2v) is 8.64. The van der Waals surface area contributed by atoms with Gasteiger partial charge in [0.1, 0.15) is 12.1 Å². The number of nitrogens with zero attached hydrogens (tertiary/aromatic N) is 4. The van der Waals surface area contributed by atoms with Crippen LogP contribution in [-0.4, -0.2) is 37.5 Å². The minimum atomic E-state index is -0.232. The maximum atomic E-state index is 13.4. The molecular formula is C26H24FN5. The molecule has 6 heteroatoms. The van der Waals surface area contributed by atoms with Crippen LogP contribution in [0.15, 0.2) is 73.4 Å². The summed E-state index contributed by atoms with van der Waals surface area (Å²) in [6, 6.07) is 15.4. The van der Waals surface area contributed by atoms with E-state index in [9.17, 15) is 4.39 Å². The van der Waals surface area contributed by atoms with Crippen LogP contribution in [0.25, 0.3) is 27.6 Å². The van der Waals surface area contributed by atoms with Crippen LogP contribution in [0, 0.1) is 5.82 Å². The summed E-state index contributed by atoms with van der Waals surface area (Å²) < 4.78 is 15.5. The zero-order valence-electron chi connectivity index (χ0n) is 17.7. The van der Waals surface area contributed by atoms with Gasteiger partial charge in [0.25, 0.3) is 0 Å². The van der Waals surface area contributed by atoms with E-state index >= 15 is 0 Å². The van der Waals surface area contributed by atoms with E-state index in [2.05, 4.69) is 54.9 Å². The summed E-state index contributed by atoms with van der Waals surface area (Å²) in [6.07, 6.45) is 9.82. The molecule has 1 saturated heterocycles. The van der Waals surface area contributed by atoms with E-state index in [0.717, 1.165) is 49.2 Å². The zero-order valence-corrected chi connectivity index (χ0v) is 17.7. The molecule has 0 spiro atoms. The van der Waals surface area contributed by atoms with Crippen molar-refractivity contribution >= 4 is 21.9 Å². The van der Waals surface area contributed by atoms with Gasteiger partial charge in [-0.1, -0.05) is 12.1 Å². The van der Waals surface area contributed by atoms with Gasteiger partial charge in [0.2, 0.25) is 0 Å². The van der Waals surface area contributed by atoms with E-state index < -0.39 is 0 Å². The van der Waals surface area contributed by atoms with Gasteiger partial charge in [-0.05, 0) is 84.8 Å². The third kappa shape index (κ3) is 3.46. The highest BCUT2D eigenvalue weighted by molar-refractivity contribution is 5.81. The highest BCUT2D eigenvalue weighted by Gasteiger charge is 2.25. The summed E-state index contributed by atoms with van der Waals surface area (Å²) in [5.41, 5.74) is 6.70. The molecule has 1 aliphatic heterocycles. The van der Waals surface area contributed by atoms with Gasteiger partial charge in [-0.15, -0.1) is 0 Å². The topological polar surface area (TPSA) is 49.7 Å². The second kappa shape index (κ2) is 7.88. The Morgan fingerprint density at radius 3 is 2.72 bits per heavy atom. The van der Waals surface area contributed by atoms with Crippen LogP contribution < -0.4 is 0 Å². The molecule has 1 fully saturated rings. The van der Waals surface area contributed by atoms with Crippen molar-refractivity contribution in [1.29, 1.82) is 0 Å². The smallest absolute Gasteiger partial charge is 0.123 e. The molecule has 3 aromatic heterocycles. The Bertz CT molecular complexity index is 1380. The van der Waals surface area contributed by atoms with Crippen LogP contribution in [0.4, 0.5) is 4.39 Å². The van der Waals surface area contributed by atoms with Crippen molar-refractivity contribution in [2.24, 2.45) is 0 Å². The molecule has 2 aromatic carbocycles. The lowest BCUT2D eigenvalue weighted by Crippen LogP contribution is -2.32. The summed E-state index contributed by atoms with van der Waals surface area (Å²) in [4.78, 5) is 14.7. The molecule has 0 atom stereocenters. The quantitative estimate of drug-likeness (QED) is 0.418. The number of benzene rings is 2. The highest BCUT2D eigenvalue weighted by atomic mass is 19.1. The number of hydrogen-bond acceptors (Lipinski definition) is 3. The fourth-order valence-electron chi connectivity index (χ4n) is 4.96. The number of piperidine rings is 1. The largest absolute Gasteiger partial charge is 0.361 e. The van der Waals surface area contributed by atoms with Crippen LogP contribution in [0.3, 0.4) is 0 Å². The summed E-state index contributed by atoms with van der Waals surface area (Å²) in [7, 11) is 0. The number of nitrogens with one attached hydrogen (secondary N) is 1. The van der Waals surface area contributed by atoms with Gasteiger partial charge in [-0.2, -0.15) is 0 Å². The van der Waals surface area contributed by atoms with Crippen molar-refractivity contribution in [2.75, 3.05) is 13.1 Å². The Morgan fingerprint density at radius 1 is 1.03 bits per heavy atom. The number of H-pyrrole nitrogens is 1. The number of fused-ring (bicyclic) bond motifs is 2. The lowest BCUT2D eigenvalue weighted by atomic mass is 9.90. The van der Waals surface area contributed by atoms with Gasteiger partial charge in [-0.25, -0.2) is 14.4 Å². The van der Waals surface area contributed by atoms with Gasteiger partial charge >= 0.3 is 0 Å². The van der Waals surface area contributed by atoms with Crippen molar-refractivity contribution in [3.8, 4) is 5.69 Å². The minimum Gasteiger partial charge on any atom is -0.361 e.